The first-order valence-corrected chi connectivity index (χ1v) is 10.7. The van der Waals surface area contributed by atoms with Gasteiger partial charge in [-0.05, 0) is 52.9 Å². The maximum absolute atomic E-state index is 12.8. The summed E-state index contributed by atoms with van der Waals surface area (Å²) in [6.07, 6.45) is 0. The van der Waals surface area contributed by atoms with Gasteiger partial charge in [0.25, 0.3) is 5.91 Å². The SMILES string of the molecule is CC(C)C(=O)N1CCN(c2ccccc2NC(=O)c2cc(I)ccc2Cl)CC1. The van der Waals surface area contributed by atoms with Gasteiger partial charge in [0, 0.05) is 35.7 Å². The van der Waals surface area contributed by atoms with Crippen LogP contribution in [0, 0.1) is 9.49 Å². The van der Waals surface area contributed by atoms with Gasteiger partial charge in [-0.2, -0.15) is 0 Å². The molecule has 1 saturated heterocycles. The van der Waals surface area contributed by atoms with Crippen LogP contribution in [-0.4, -0.2) is 42.9 Å². The molecule has 0 bridgehead atoms. The predicted molar refractivity (Wildman–Crippen MR) is 122 cm³/mol. The number of nitrogens with zero attached hydrogens (tertiary/aromatic N) is 2. The lowest BCUT2D eigenvalue weighted by molar-refractivity contribution is -0.134. The van der Waals surface area contributed by atoms with Crippen molar-refractivity contribution >= 4 is 57.4 Å². The van der Waals surface area contributed by atoms with E-state index in [1.54, 1.807) is 12.1 Å². The summed E-state index contributed by atoms with van der Waals surface area (Å²) in [7, 11) is 0. The van der Waals surface area contributed by atoms with Crippen molar-refractivity contribution in [1.29, 1.82) is 0 Å². The van der Waals surface area contributed by atoms with Crippen LogP contribution in [-0.2, 0) is 4.79 Å². The van der Waals surface area contributed by atoms with Crippen LogP contribution in [0.15, 0.2) is 42.5 Å². The highest BCUT2D eigenvalue weighted by Crippen LogP contribution is 2.28. The molecule has 0 radical (unpaired) electrons. The Balaban J connectivity index is 1.74. The smallest absolute Gasteiger partial charge is 0.257 e. The number of carbonyl (C=O) groups excluding carboxylic acids is 2. The van der Waals surface area contributed by atoms with Crippen LogP contribution in [0.3, 0.4) is 0 Å². The highest BCUT2D eigenvalue weighted by Gasteiger charge is 2.24. The van der Waals surface area contributed by atoms with Crippen LogP contribution >= 0.6 is 34.2 Å². The number of hydrogen-bond acceptors (Lipinski definition) is 3. The molecule has 0 aromatic heterocycles. The minimum Gasteiger partial charge on any atom is -0.366 e. The molecule has 0 aliphatic carbocycles. The summed E-state index contributed by atoms with van der Waals surface area (Å²) in [5.41, 5.74) is 2.15. The molecular weight excluding hydrogens is 489 g/mol. The number of hydrogen-bond donors (Lipinski definition) is 1. The number of nitrogens with one attached hydrogen (secondary N) is 1. The first-order valence-electron chi connectivity index (χ1n) is 9.26. The van der Waals surface area contributed by atoms with Crippen molar-refractivity contribution in [3.63, 3.8) is 0 Å². The van der Waals surface area contributed by atoms with Gasteiger partial charge in [0.15, 0.2) is 0 Å². The van der Waals surface area contributed by atoms with Crippen molar-refractivity contribution in [2.75, 3.05) is 36.4 Å². The molecule has 0 unspecified atom stereocenters. The first-order chi connectivity index (χ1) is 13.4. The lowest BCUT2D eigenvalue weighted by Gasteiger charge is -2.37. The van der Waals surface area contributed by atoms with Gasteiger partial charge >= 0.3 is 0 Å². The van der Waals surface area contributed by atoms with Crippen molar-refractivity contribution in [2.24, 2.45) is 5.92 Å². The summed E-state index contributed by atoms with van der Waals surface area (Å²) in [5, 5.41) is 3.42. The quantitative estimate of drug-likeness (QED) is 0.615. The molecule has 2 amide bonds. The Labute approximate surface area is 184 Å². The molecule has 0 spiro atoms. The van der Waals surface area contributed by atoms with E-state index in [0.717, 1.165) is 28.0 Å². The molecule has 7 heteroatoms. The topological polar surface area (TPSA) is 52.7 Å². The largest absolute Gasteiger partial charge is 0.366 e. The van der Waals surface area contributed by atoms with Crippen molar-refractivity contribution in [1.82, 2.24) is 4.90 Å². The van der Waals surface area contributed by atoms with Gasteiger partial charge in [-0.25, -0.2) is 0 Å². The van der Waals surface area contributed by atoms with E-state index in [-0.39, 0.29) is 17.7 Å². The zero-order valence-corrected chi connectivity index (χ0v) is 18.8. The van der Waals surface area contributed by atoms with Crippen LogP contribution in [0.5, 0.6) is 0 Å². The highest BCUT2D eigenvalue weighted by atomic mass is 127. The molecule has 1 heterocycles. The fourth-order valence-corrected chi connectivity index (χ4v) is 3.94. The summed E-state index contributed by atoms with van der Waals surface area (Å²) >= 11 is 8.37. The van der Waals surface area contributed by atoms with E-state index in [1.165, 1.54) is 0 Å². The maximum atomic E-state index is 12.8. The Kier molecular flexibility index (Phi) is 6.82. The fourth-order valence-electron chi connectivity index (χ4n) is 3.25. The molecular formula is C21H23ClIN3O2. The minimum atomic E-state index is -0.232. The van der Waals surface area contributed by atoms with Gasteiger partial charge in [-0.15, -0.1) is 0 Å². The molecule has 2 aromatic rings. The average Bonchev–Trinajstić information content (AvgIpc) is 2.69. The summed E-state index contributed by atoms with van der Waals surface area (Å²) in [4.78, 5) is 29.1. The van der Waals surface area contributed by atoms with E-state index < -0.39 is 0 Å². The number of piperazine rings is 1. The Morgan fingerprint density at radius 1 is 1.07 bits per heavy atom. The lowest BCUT2D eigenvalue weighted by Crippen LogP contribution is -2.50. The summed E-state index contributed by atoms with van der Waals surface area (Å²) < 4.78 is 0.950. The predicted octanol–water partition coefficient (Wildman–Crippen LogP) is 4.50. The van der Waals surface area contributed by atoms with Crippen LogP contribution in [0.2, 0.25) is 5.02 Å². The van der Waals surface area contributed by atoms with Crippen molar-refractivity contribution in [3.05, 3.63) is 56.6 Å². The van der Waals surface area contributed by atoms with E-state index in [0.29, 0.717) is 23.7 Å². The molecule has 1 aliphatic heterocycles. The first kappa shape index (κ1) is 20.9. The van der Waals surface area contributed by atoms with Gasteiger partial charge in [-0.3, -0.25) is 9.59 Å². The van der Waals surface area contributed by atoms with Crippen LogP contribution in [0.25, 0.3) is 0 Å². The van der Waals surface area contributed by atoms with E-state index in [2.05, 4.69) is 32.8 Å². The van der Waals surface area contributed by atoms with Crippen LogP contribution in [0.1, 0.15) is 24.2 Å². The summed E-state index contributed by atoms with van der Waals surface area (Å²) in [5.74, 6) is -0.0318. The van der Waals surface area contributed by atoms with Crippen molar-refractivity contribution in [3.8, 4) is 0 Å². The molecule has 0 saturated carbocycles. The molecule has 5 nitrogen and oxygen atoms in total. The van der Waals surface area contributed by atoms with E-state index in [9.17, 15) is 9.59 Å². The minimum absolute atomic E-state index is 0.0107. The zero-order chi connectivity index (χ0) is 20.3. The highest BCUT2D eigenvalue weighted by molar-refractivity contribution is 14.1. The molecule has 2 aromatic carbocycles. The molecule has 1 N–H and O–H groups in total. The standard InChI is InChI=1S/C21H23ClIN3O2/c1-14(2)21(28)26-11-9-25(10-12-26)19-6-4-3-5-18(19)24-20(27)16-13-15(23)7-8-17(16)22/h3-8,13-14H,9-12H2,1-2H3,(H,24,27). The Bertz CT molecular complexity index is 880. The maximum Gasteiger partial charge on any atom is 0.257 e. The van der Waals surface area contributed by atoms with E-state index in [1.807, 2.05) is 49.1 Å². The second-order valence-electron chi connectivity index (χ2n) is 7.06. The number of anilines is 2. The van der Waals surface area contributed by atoms with Gasteiger partial charge in [0.1, 0.15) is 0 Å². The number of para-hydroxylation sites is 2. The summed E-state index contributed by atoms with van der Waals surface area (Å²) in [6, 6.07) is 13.1. The van der Waals surface area contributed by atoms with Gasteiger partial charge < -0.3 is 15.1 Å². The van der Waals surface area contributed by atoms with Crippen molar-refractivity contribution < 1.29 is 9.59 Å². The molecule has 0 atom stereocenters. The third-order valence-electron chi connectivity index (χ3n) is 4.75. The van der Waals surface area contributed by atoms with Crippen LogP contribution < -0.4 is 10.2 Å². The summed E-state index contributed by atoms with van der Waals surface area (Å²) in [6.45, 7) is 6.68. The fraction of sp³-hybridized carbons (Fsp3) is 0.333. The van der Waals surface area contributed by atoms with E-state index in [4.69, 9.17) is 11.6 Å². The average molecular weight is 512 g/mol. The monoisotopic (exact) mass is 511 g/mol. The third kappa shape index (κ3) is 4.78. The molecule has 1 fully saturated rings. The van der Waals surface area contributed by atoms with Gasteiger partial charge in [0.2, 0.25) is 5.91 Å². The Morgan fingerprint density at radius 3 is 2.43 bits per heavy atom. The lowest BCUT2D eigenvalue weighted by atomic mass is 10.1. The number of rotatable bonds is 4. The number of benzene rings is 2. The van der Waals surface area contributed by atoms with Crippen LogP contribution in [0.4, 0.5) is 11.4 Å². The van der Waals surface area contributed by atoms with Crippen molar-refractivity contribution in [2.45, 2.75) is 13.8 Å². The van der Waals surface area contributed by atoms with E-state index >= 15 is 0 Å². The zero-order valence-electron chi connectivity index (χ0n) is 15.9. The normalized spacial score (nSPS) is 14.3. The number of amides is 2. The molecule has 3 rings (SSSR count). The second-order valence-corrected chi connectivity index (χ2v) is 8.72. The van der Waals surface area contributed by atoms with Gasteiger partial charge in [0.05, 0.1) is 22.0 Å². The molecule has 1 aliphatic rings. The molecule has 148 valence electrons. The number of halogens is 2. The second kappa shape index (κ2) is 9.13. The van der Waals surface area contributed by atoms with Gasteiger partial charge in [-0.1, -0.05) is 37.6 Å². The number of carbonyl (C=O) groups is 2. The Morgan fingerprint density at radius 2 is 1.75 bits per heavy atom. The molecule has 28 heavy (non-hydrogen) atoms. The third-order valence-corrected chi connectivity index (χ3v) is 5.75. The Hall–Kier alpha value is -1.80.